The number of amides is 1. The fourth-order valence-electron chi connectivity index (χ4n) is 3.55. The third kappa shape index (κ3) is 4.79. The van der Waals surface area contributed by atoms with Gasteiger partial charge in [-0.2, -0.15) is 0 Å². The van der Waals surface area contributed by atoms with Gasteiger partial charge in [0.2, 0.25) is 0 Å². The summed E-state index contributed by atoms with van der Waals surface area (Å²) in [4.78, 5) is 15.1. The summed E-state index contributed by atoms with van der Waals surface area (Å²) in [7, 11) is -3.33. The minimum Gasteiger partial charge on any atom is -0.378 e. The molecule has 1 fully saturated rings. The quantitative estimate of drug-likeness (QED) is 0.605. The smallest absolute Gasteiger partial charge is 0.255 e. The van der Waals surface area contributed by atoms with Gasteiger partial charge in [0, 0.05) is 35.5 Å². The Bertz CT molecular complexity index is 1040. The summed E-state index contributed by atoms with van der Waals surface area (Å²) in [5.74, 6) is -0.285. The summed E-state index contributed by atoms with van der Waals surface area (Å²) < 4.78 is 20.3. The maximum Gasteiger partial charge on any atom is 0.255 e. The topological polar surface area (TPSA) is 58.6 Å². The molecule has 1 heterocycles. The van der Waals surface area contributed by atoms with Crippen LogP contribution in [0.4, 0.5) is 0 Å². The highest BCUT2D eigenvalue weighted by Crippen LogP contribution is 2.50. The third-order valence-electron chi connectivity index (χ3n) is 5.21. The Labute approximate surface area is 182 Å². The SMILES string of the molecule is O=C(N/C(=C/N1CCOCC1)P(=O)(c1ccccc1)c1ccccc1)c1ccccc1. The molecule has 3 aromatic carbocycles. The second-order valence-electron chi connectivity index (χ2n) is 7.26. The molecule has 1 N–H and O–H groups in total. The molecule has 0 saturated carbocycles. The van der Waals surface area contributed by atoms with Crippen LogP contribution in [0.25, 0.3) is 0 Å². The summed E-state index contributed by atoms with van der Waals surface area (Å²) in [5, 5.41) is 4.34. The van der Waals surface area contributed by atoms with Crippen LogP contribution < -0.4 is 15.9 Å². The van der Waals surface area contributed by atoms with E-state index in [1.165, 1.54) is 0 Å². The maximum absolute atomic E-state index is 14.8. The van der Waals surface area contributed by atoms with Gasteiger partial charge < -0.3 is 19.5 Å². The van der Waals surface area contributed by atoms with Gasteiger partial charge in [-0.05, 0) is 12.1 Å². The molecule has 3 aromatic rings. The molecule has 0 aromatic heterocycles. The molecule has 0 bridgehead atoms. The van der Waals surface area contributed by atoms with Crippen molar-refractivity contribution in [2.45, 2.75) is 0 Å². The Morgan fingerprint density at radius 1 is 0.806 bits per heavy atom. The van der Waals surface area contributed by atoms with Gasteiger partial charge in [-0.3, -0.25) is 4.79 Å². The van der Waals surface area contributed by atoms with E-state index in [9.17, 15) is 9.36 Å². The molecule has 31 heavy (non-hydrogen) atoms. The Kier molecular flexibility index (Phi) is 6.66. The number of nitrogens with one attached hydrogen (secondary N) is 1. The minimum absolute atomic E-state index is 0.285. The molecule has 5 nitrogen and oxygen atoms in total. The monoisotopic (exact) mass is 432 g/mol. The van der Waals surface area contributed by atoms with Crippen LogP contribution in [0, 0.1) is 0 Å². The lowest BCUT2D eigenvalue weighted by Crippen LogP contribution is -2.35. The normalized spacial score (nSPS) is 14.8. The maximum atomic E-state index is 14.8. The fraction of sp³-hybridized carbons (Fsp3) is 0.160. The van der Waals surface area contributed by atoms with Crippen molar-refractivity contribution in [2.24, 2.45) is 0 Å². The number of benzene rings is 3. The lowest BCUT2D eigenvalue weighted by atomic mass is 10.2. The van der Waals surface area contributed by atoms with Gasteiger partial charge in [-0.1, -0.05) is 78.9 Å². The van der Waals surface area contributed by atoms with Crippen molar-refractivity contribution in [3.63, 3.8) is 0 Å². The Morgan fingerprint density at radius 3 is 1.81 bits per heavy atom. The number of nitrogens with zero attached hydrogens (tertiary/aromatic N) is 1. The molecule has 0 spiro atoms. The van der Waals surface area contributed by atoms with Gasteiger partial charge in [0.1, 0.15) is 5.44 Å². The van der Waals surface area contributed by atoms with E-state index in [0.29, 0.717) is 47.9 Å². The highest BCUT2D eigenvalue weighted by atomic mass is 31.2. The lowest BCUT2D eigenvalue weighted by Gasteiger charge is -2.29. The average molecular weight is 432 g/mol. The first kappa shape index (κ1) is 21.1. The second kappa shape index (κ2) is 9.78. The second-order valence-corrected chi connectivity index (χ2v) is 10.00. The first-order valence-electron chi connectivity index (χ1n) is 10.3. The van der Waals surface area contributed by atoms with Gasteiger partial charge in [0.25, 0.3) is 5.91 Å². The summed E-state index contributed by atoms with van der Waals surface area (Å²) in [6.07, 6.45) is 1.84. The molecular formula is C25H25N2O3P. The van der Waals surface area contributed by atoms with Gasteiger partial charge in [0.05, 0.1) is 13.2 Å². The Morgan fingerprint density at radius 2 is 1.29 bits per heavy atom. The summed E-state index contributed by atoms with van der Waals surface area (Å²) in [6, 6.07) is 27.7. The zero-order valence-electron chi connectivity index (χ0n) is 17.2. The molecule has 6 heteroatoms. The van der Waals surface area contributed by atoms with E-state index in [-0.39, 0.29) is 5.91 Å². The van der Waals surface area contributed by atoms with Gasteiger partial charge >= 0.3 is 0 Å². The van der Waals surface area contributed by atoms with Crippen molar-refractivity contribution in [2.75, 3.05) is 26.3 Å². The largest absolute Gasteiger partial charge is 0.378 e. The van der Waals surface area contributed by atoms with Crippen LogP contribution >= 0.6 is 7.14 Å². The van der Waals surface area contributed by atoms with Crippen molar-refractivity contribution in [3.05, 3.63) is 108 Å². The molecule has 4 rings (SSSR count). The van der Waals surface area contributed by atoms with Crippen LogP contribution in [0.5, 0.6) is 0 Å². The van der Waals surface area contributed by atoms with Crippen molar-refractivity contribution in [3.8, 4) is 0 Å². The minimum atomic E-state index is -3.33. The van der Waals surface area contributed by atoms with Crippen LogP contribution in [-0.4, -0.2) is 37.1 Å². The number of hydrogen-bond donors (Lipinski definition) is 1. The number of morpholine rings is 1. The van der Waals surface area contributed by atoms with E-state index in [0.717, 1.165) is 0 Å². The van der Waals surface area contributed by atoms with Crippen LogP contribution in [-0.2, 0) is 9.30 Å². The van der Waals surface area contributed by atoms with Crippen molar-refractivity contribution in [1.82, 2.24) is 10.2 Å². The van der Waals surface area contributed by atoms with E-state index in [4.69, 9.17) is 4.74 Å². The van der Waals surface area contributed by atoms with Crippen molar-refractivity contribution >= 4 is 23.7 Å². The Hall–Kier alpha value is -3.14. The standard InChI is InChI=1S/C25H25N2O3P/c28-25(21-10-4-1-5-11-21)26-24(20-27-16-18-30-19-17-27)31(29,22-12-6-2-7-13-22)23-14-8-3-9-15-23/h1-15,20H,16-19H2,(H,26,28)/b24-20-. The summed E-state index contributed by atoms with van der Waals surface area (Å²) >= 11 is 0. The van der Waals surface area contributed by atoms with Crippen molar-refractivity contribution in [1.29, 1.82) is 0 Å². The van der Waals surface area contributed by atoms with Gasteiger partial charge in [-0.25, -0.2) is 0 Å². The van der Waals surface area contributed by atoms with Crippen molar-refractivity contribution < 1.29 is 14.1 Å². The van der Waals surface area contributed by atoms with Crippen LogP contribution in [0.15, 0.2) is 103 Å². The number of hydrogen-bond acceptors (Lipinski definition) is 4. The Balaban J connectivity index is 1.83. The summed E-state index contributed by atoms with van der Waals surface area (Å²) in [6.45, 7) is 2.54. The first-order valence-corrected chi connectivity index (χ1v) is 12.0. The molecule has 158 valence electrons. The number of rotatable bonds is 6. The molecule has 0 aliphatic carbocycles. The predicted molar refractivity (Wildman–Crippen MR) is 124 cm³/mol. The molecule has 1 aliphatic rings. The zero-order valence-corrected chi connectivity index (χ0v) is 18.1. The number of ether oxygens (including phenoxy) is 1. The predicted octanol–water partition coefficient (Wildman–Crippen LogP) is 3.56. The highest BCUT2D eigenvalue weighted by molar-refractivity contribution is 7.82. The molecule has 0 unspecified atom stereocenters. The molecule has 1 saturated heterocycles. The van der Waals surface area contributed by atoms with Crippen LogP contribution in [0.1, 0.15) is 10.4 Å². The van der Waals surface area contributed by atoms with Gasteiger partial charge in [-0.15, -0.1) is 0 Å². The van der Waals surface area contributed by atoms with E-state index < -0.39 is 7.14 Å². The molecule has 0 atom stereocenters. The van der Waals surface area contributed by atoms with Crippen LogP contribution in [0.3, 0.4) is 0 Å². The van der Waals surface area contributed by atoms with E-state index in [2.05, 4.69) is 10.2 Å². The molecule has 1 aliphatic heterocycles. The number of carbonyl (C=O) groups excluding carboxylic acids is 1. The average Bonchev–Trinajstić information content (AvgIpc) is 2.85. The first-order chi connectivity index (χ1) is 15.2. The van der Waals surface area contributed by atoms with E-state index in [1.54, 1.807) is 12.1 Å². The van der Waals surface area contributed by atoms with E-state index >= 15 is 0 Å². The zero-order chi connectivity index (χ0) is 21.5. The fourth-order valence-corrected chi connectivity index (χ4v) is 6.18. The molecular weight excluding hydrogens is 407 g/mol. The van der Waals surface area contributed by atoms with Crippen LogP contribution in [0.2, 0.25) is 0 Å². The third-order valence-corrected chi connectivity index (χ3v) is 8.16. The van der Waals surface area contributed by atoms with Gasteiger partial charge in [0.15, 0.2) is 7.14 Å². The summed E-state index contributed by atoms with van der Waals surface area (Å²) in [5.41, 5.74) is 0.920. The van der Waals surface area contributed by atoms with E-state index in [1.807, 2.05) is 85.1 Å². The molecule has 1 amide bonds. The number of carbonyl (C=O) groups is 1. The lowest BCUT2D eigenvalue weighted by molar-refractivity contribution is 0.0590. The molecule has 0 radical (unpaired) electrons. The highest BCUT2D eigenvalue weighted by Gasteiger charge is 2.34.